The lowest BCUT2D eigenvalue weighted by Crippen LogP contribution is -2.47. The van der Waals surface area contributed by atoms with Gasteiger partial charge >= 0.3 is 6.09 Å². The fourth-order valence-electron chi connectivity index (χ4n) is 0.922. The van der Waals surface area contributed by atoms with Gasteiger partial charge in [0.1, 0.15) is 0 Å². The van der Waals surface area contributed by atoms with E-state index in [9.17, 15) is 4.79 Å². The molecule has 1 aliphatic rings. The molecular weight excluding hydrogens is 158 g/mol. The van der Waals surface area contributed by atoms with E-state index in [1.54, 1.807) is 4.90 Å². The van der Waals surface area contributed by atoms with Crippen LogP contribution >= 0.6 is 0 Å². The molecule has 1 heterocycles. The lowest BCUT2D eigenvalue weighted by atomic mass is 10.4. The molecule has 1 rings (SSSR count). The summed E-state index contributed by atoms with van der Waals surface area (Å²) >= 11 is 0. The summed E-state index contributed by atoms with van der Waals surface area (Å²) in [4.78, 5) is 16.3. The maximum absolute atomic E-state index is 10.7. The van der Waals surface area contributed by atoms with Crippen molar-refractivity contribution in [3.05, 3.63) is 0 Å². The van der Waals surface area contributed by atoms with Gasteiger partial charge in [-0.1, -0.05) is 13.8 Å². The molecule has 0 bridgehead atoms. The lowest BCUT2D eigenvalue weighted by molar-refractivity contribution is 0.0982. The number of nitrogens with two attached hydrogens (primary N) is 1. The summed E-state index contributed by atoms with van der Waals surface area (Å²) in [6.07, 6.45) is -0.443. The Balaban J connectivity index is 0.000000561. The first-order valence-electron chi connectivity index (χ1n) is 4.21. The number of nitrogens with one attached hydrogen (secondary N) is 1. The summed E-state index contributed by atoms with van der Waals surface area (Å²) in [5.41, 5.74) is 0. The number of piperazine rings is 1. The summed E-state index contributed by atoms with van der Waals surface area (Å²) in [7, 11) is 0. The Morgan fingerprint density at radius 3 is 2.33 bits per heavy atom. The van der Waals surface area contributed by atoms with Crippen molar-refractivity contribution in [1.29, 1.82) is 0 Å². The Labute approximate surface area is 72.8 Å². The summed E-state index contributed by atoms with van der Waals surface area (Å²) < 4.78 is 0. The summed E-state index contributed by atoms with van der Waals surface area (Å²) in [6, 6.07) is 0. The third-order valence-electron chi connectivity index (χ3n) is 1.48. The van der Waals surface area contributed by atoms with Gasteiger partial charge in [-0.05, 0) is 0 Å². The van der Waals surface area contributed by atoms with Gasteiger partial charge in [-0.3, -0.25) is 0 Å². The van der Waals surface area contributed by atoms with E-state index >= 15 is 0 Å². The smallest absolute Gasteiger partial charge is 0.357 e. The molecule has 1 fully saturated rings. The minimum absolute atomic E-state index is 0.443. The molecule has 72 valence electrons. The van der Waals surface area contributed by atoms with Crippen LogP contribution in [-0.4, -0.2) is 37.2 Å². The quantitative estimate of drug-likeness (QED) is 0.506. The number of hydrogen-bond donors (Lipinski definition) is 2. The average Bonchev–Trinajstić information content (AvgIpc) is 2.21. The number of amides is 1. The molecule has 5 nitrogen and oxygen atoms in total. The zero-order valence-electron chi connectivity index (χ0n) is 7.67. The van der Waals surface area contributed by atoms with Crippen LogP contribution in [0.1, 0.15) is 13.8 Å². The van der Waals surface area contributed by atoms with Crippen LogP contribution in [-0.2, 0) is 4.84 Å². The summed E-state index contributed by atoms with van der Waals surface area (Å²) in [5.74, 6) is 4.69. The number of hydrogen-bond acceptors (Lipinski definition) is 4. The SMILES string of the molecule is CC.NOC(=O)N1CCNCC1. The number of rotatable bonds is 0. The normalized spacial score (nSPS) is 16.1. The highest BCUT2D eigenvalue weighted by Gasteiger charge is 2.15. The molecule has 1 saturated heterocycles. The highest BCUT2D eigenvalue weighted by molar-refractivity contribution is 5.67. The van der Waals surface area contributed by atoms with Gasteiger partial charge in [0.05, 0.1) is 0 Å². The monoisotopic (exact) mass is 175 g/mol. The molecule has 0 aliphatic carbocycles. The van der Waals surface area contributed by atoms with E-state index in [1.165, 1.54) is 0 Å². The minimum Gasteiger partial charge on any atom is -0.357 e. The highest BCUT2D eigenvalue weighted by Crippen LogP contribution is 1.93. The first-order valence-corrected chi connectivity index (χ1v) is 4.21. The molecule has 0 aromatic carbocycles. The predicted octanol–water partition coefficient (Wildman–Crippen LogP) is -0.0719. The van der Waals surface area contributed by atoms with Crippen molar-refractivity contribution in [1.82, 2.24) is 10.2 Å². The molecule has 0 unspecified atom stereocenters. The standard InChI is InChI=1S/C5H11N3O2.C2H6/c6-10-5(9)8-3-1-7-2-4-8;1-2/h7H,1-4,6H2;1-2H3. The van der Waals surface area contributed by atoms with Crippen LogP contribution in [0.4, 0.5) is 4.79 Å². The fraction of sp³-hybridized carbons (Fsp3) is 0.857. The second-order valence-corrected chi connectivity index (χ2v) is 2.12. The van der Waals surface area contributed by atoms with Gasteiger partial charge in [0.2, 0.25) is 0 Å². The molecule has 5 heteroatoms. The fourth-order valence-corrected chi connectivity index (χ4v) is 0.922. The Bertz CT molecular complexity index is 124. The Morgan fingerprint density at radius 1 is 1.42 bits per heavy atom. The predicted molar refractivity (Wildman–Crippen MR) is 46.5 cm³/mol. The number of nitrogens with zero attached hydrogens (tertiary/aromatic N) is 1. The van der Waals surface area contributed by atoms with Crippen LogP contribution < -0.4 is 11.2 Å². The second-order valence-electron chi connectivity index (χ2n) is 2.12. The Kier molecular flexibility index (Phi) is 6.41. The molecule has 0 aromatic heterocycles. The molecule has 0 radical (unpaired) electrons. The van der Waals surface area contributed by atoms with E-state index in [0.29, 0.717) is 13.1 Å². The molecule has 12 heavy (non-hydrogen) atoms. The van der Waals surface area contributed by atoms with Crippen molar-refractivity contribution in [3.8, 4) is 0 Å². The topological polar surface area (TPSA) is 67.6 Å². The third kappa shape index (κ3) is 3.54. The molecule has 0 atom stereocenters. The molecule has 0 aromatic rings. The van der Waals surface area contributed by atoms with Gasteiger partial charge in [-0.2, -0.15) is 5.90 Å². The Hall–Kier alpha value is -0.810. The van der Waals surface area contributed by atoms with Gasteiger partial charge in [0.25, 0.3) is 0 Å². The molecule has 0 spiro atoms. The maximum atomic E-state index is 10.7. The van der Waals surface area contributed by atoms with E-state index < -0.39 is 6.09 Å². The zero-order valence-corrected chi connectivity index (χ0v) is 7.67. The van der Waals surface area contributed by atoms with Crippen molar-refractivity contribution in [2.75, 3.05) is 26.2 Å². The van der Waals surface area contributed by atoms with Crippen LogP contribution in [0.15, 0.2) is 0 Å². The van der Waals surface area contributed by atoms with Gasteiger partial charge in [-0.15, -0.1) is 0 Å². The van der Waals surface area contributed by atoms with Crippen LogP contribution in [0.25, 0.3) is 0 Å². The van der Waals surface area contributed by atoms with Crippen molar-refractivity contribution in [2.45, 2.75) is 13.8 Å². The van der Waals surface area contributed by atoms with E-state index in [4.69, 9.17) is 5.90 Å². The summed E-state index contributed by atoms with van der Waals surface area (Å²) in [6.45, 7) is 6.98. The zero-order chi connectivity index (χ0) is 9.40. The Morgan fingerprint density at radius 2 is 1.92 bits per heavy atom. The van der Waals surface area contributed by atoms with Crippen LogP contribution in [0.5, 0.6) is 0 Å². The number of carbonyl (C=O) groups is 1. The van der Waals surface area contributed by atoms with E-state index in [1.807, 2.05) is 13.8 Å². The maximum Gasteiger partial charge on any atom is 0.428 e. The lowest BCUT2D eigenvalue weighted by Gasteiger charge is -2.25. The highest BCUT2D eigenvalue weighted by atomic mass is 16.7. The number of carbonyl (C=O) groups excluding carboxylic acids is 1. The van der Waals surface area contributed by atoms with Gasteiger partial charge < -0.3 is 15.1 Å². The second kappa shape index (κ2) is 6.87. The molecule has 3 N–H and O–H groups in total. The van der Waals surface area contributed by atoms with Crippen LogP contribution in [0, 0.1) is 0 Å². The van der Waals surface area contributed by atoms with Crippen LogP contribution in [0.3, 0.4) is 0 Å². The van der Waals surface area contributed by atoms with Crippen molar-refractivity contribution < 1.29 is 9.63 Å². The molecule has 1 amide bonds. The first-order chi connectivity index (χ1) is 5.84. The van der Waals surface area contributed by atoms with Crippen molar-refractivity contribution in [3.63, 3.8) is 0 Å². The summed E-state index contributed by atoms with van der Waals surface area (Å²) in [5, 5.41) is 3.10. The largest absolute Gasteiger partial charge is 0.428 e. The van der Waals surface area contributed by atoms with Crippen molar-refractivity contribution >= 4 is 6.09 Å². The van der Waals surface area contributed by atoms with E-state index in [2.05, 4.69) is 10.2 Å². The molecular formula is C7H17N3O2. The van der Waals surface area contributed by atoms with Gasteiger partial charge in [0.15, 0.2) is 0 Å². The van der Waals surface area contributed by atoms with E-state index in [-0.39, 0.29) is 0 Å². The minimum atomic E-state index is -0.443. The van der Waals surface area contributed by atoms with Gasteiger partial charge in [0, 0.05) is 26.2 Å². The third-order valence-corrected chi connectivity index (χ3v) is 1.48. The first kappa shape index (κ1) is 11.2. The van der Waals surface area contributed by atoms with Crippen LogP contribution in [0.2, 0.25) is 0 Å². The van der Waals surface area contributed by atoms with Gasteiger partial charge in [-0.25, -0.2) is 4.79 Å². The van der Waals surface area contributed by atoms with Crippen molar-refractivity contribution in [2.24, 2.45) is 5.90 Å². The molecule has 0 saturated carbocycles. The average molecular weight is 175 g/mol. The molecule has 1 aliphatic heterocycles. The van der Waals surface area contributed by atoms with E-state index in [0.717, 1.165) is 13.1 Å².